The fourth-order valence-electron chi connectivity index (χ4n) is 1.63. The average Bonchev–Trinajstić information content (AvgIpc) is 2.95. The van der Waals surface area contributed by atoms with Crippen molar-refractivity contribution in [3.8, 4) is 0 Å². The molecule has 108 valence electrons. The molecule has 0 aliphatic heterocycles. The normalized spacial score (nSPS) is 14.0. The van der Waals surface area contributed by atoms with Gasteiger partial charge in [0.25, 0.3) is 0 Å². The lowest BCUT2D eigenvalue weighted by atomic mass is 9.96. The Bertz CT molecular complexity index is 546. The number of nitrogens with zero attached hydrogens (tertiary/aromatic N) is 3. The summed E-state index contributed by atoms with van der Waals surface area (Å²) in [5.41, 5.74) is 5.53. The van der Waals surface area contributed by atoms with Crippen LogP contribution in [0.25, 0.3) is 0 Å². The zero-order valence-corrected chi connectivity index (χ0v) is 13.1. The highest BCUT2D eigenvalue weighted by atomic mass is 32.2. The third-order valence-electron chi connectivity index (χ3n) is 2.86. The first-order valence-corrected chi connectivity index (χ1v) is 7.97. The van der Waals surface area contributed by atoms with Gasteiger partial charge in [-0.15, -0.1) is 10.2 Å². The van der Waals surface area contributed by atoms with Crippen LogP contribution in [0, 0.1) is 0 Å². The van der Waals surface area contributed by atoms with Crippen LogP contribution < -0.4 is 10.6 Å². The van der Waals surface area contributed by atoms with Gasteiger partial charge < -0.3 is 15.7 Å². The summed E-state index contributed by atoms with van der Waals surface area (Å²) in [5.74, 6) is 0.454. The van der Waals surface area contributed by atoms with Crippen molar-refractivity contribution >= 4 is 28.2 Å². The van der Waals surface area contributed by atoms with Gasteiger partial charge in [0, 0.05) is 26.4 Å². The van der Waals surface area contributed by atoms with Gasteiger partial charge in [-0.25, -0.2) is 0 Å². The lowest BCUT2D eigenvalue weighted by Crippen LogP contribution is -2.37. The highest BCUT2D eigenvalue weighted by Gasteiger charge is 2.28. The summed E-state index contributed by atoms with van der Waals surface area (Å²) in [4.78, 5) is 1.91. The maximum Gasteiger partial charge on any atom is 0.208 e. The molecule has 0 amide bonds. The fourth-order valence-corrected chi connectivity index (χ4v) is 3.51. The van der Waals surface area contributed by atoms with Gasteiger partial charge in [0.1, 0.15) is 5.60 Å². The molecule has 0 saturated carbocycles. The van der Waals surface area contributed by atoms with Crippen molar-refractivity contribution in [2.75, 3.05) is 31.3 Å². The molecule has 1 unspecified atom stereocenters. The Morgan fingerprint density at radius 1 is 1.30 bits per heavy atom. The molecule has 0 saturated heterocycles. The Kier molecular flexibility index (Phi) is 4.98. The molecule has 0 fully saturated rings. The van der Waals surface area contributed by atoms with Gasteiger partial charge in [-0.05, 0) is 5.56 Å². The SMILES string of the molecule is CN(C)c1nnc(SCC(O)(CN)c2ccccc2)s1. The summed E-state index contributed by atoms with van der Waals surface area (Å²) in [6.07, 6.45) is 0. The Hall–Kier alpha value is -1.15. The van der Waals surface area contributed by atoms with Crippen LogP contribution in [0.15, 0.2) is 34.7 Å². The minimum atomic E-state index is -1.05. The third kappa shape index (κ3) is 3.49. The van der Waals surface area contributed by atoms with Crippen LogP contribution in [0.5, 0.6) is 0 Å². The Morgan fingerprint density at radius 2 is 2.00 bits per heavy atom. The average molecular weight is 310 g/mol. The molecule has 0 aliphatic rings. The predicted octanol–water partition coefficient (Wildman–Crippen LogP) is 1.54. The van der Waals surface area contributed by atoms with E-state index in [1.807, 2.05) is 49.3 Å². The molecule has 2 aromatic rings. The second-order valence-corrected chi connectivity index (χ2v) is 6.81. The topological polar surface area (TPSA) is 75.3 Å². The van der Waals surface area contributed by atoms with E-state index in [-0.39, 0.29) is 6.54 Å². The van der Waals surface area contributed by atoms with E-state index in [0.29, 0.717) is 5.75 Å². The zero-order chi connectivity index (χ0) is 14.6. The molecule has 5 nitrogen and oxygen atoms in total. The monoisotopic (exact) mass is 310 g/mol. The van der Waals surface area contributed by atoms with E-state index in [4.69, 9.17) is 5.73 Å². The molecular weight excluding hydrogens is 292 g/mol. The van der Waals surface area contributed by atoms with Gasteiger partial charge in [-0.1, -0.05) is 53.4 Å². The molecule has 0 radical (unpaired) electrons. The standard InChI is InChI=1S/C13H18N4OS2/c1-17(2)11-15-16-12(20-11)19-9-13(18,8-14)10-6-4-3-5-7-10/h3-7,18H,8-9,14H2,1-2H3. The maximum absolute atomic E-state index is 10.7. The maximum atomic E-state index is 10.7. The van der Waals surface area contributed by atoms with Crippen molar-refractivity contribution in [2.45, 2.75) is 9.94 Å². The van der Waals surface area contributed by atoms with E-state index in [1.165, 1.54) is 23.1 Å². The molecule has 20 heavy (non-hydrogen) atoms. The van der Waals surface area contributed by atoms with Gasteiger partial charge in [0.15, 0.2) is 4.34 Å². The number of rotatable bonds is 6. The van der Waals surface area contributed by atoms with Gasteiger partial charge >= 0.3 is 0 Å². The third-order valence-corrected chi connectivity index (χ3v) is 5.30. The molecular formula is C13H18N4OS2. The van der Waals surface area contributed by atoms with Crippen molar-refractivity contribution < 1.29 is 5.11 Å². The number of aromatic nitrogens is 2. The number of aliphatic hydroxyl groups is 1. The highest BCUT2D eigenvalue weighted by molar-refractivity contribution is 8.01. The number of hydrogen-bond acceptors (Lipinski definition) is 7. The number of hydrogen-bond donors (Lipinski definition) is 2. The summed E-state index contributed by atoms with van der Waals surface area (Å²) in [6.45, 7) is 0.170. The molecule has 2 rings (SSSR count). The zero-order valence-electron chi connectivity index (χ0n) is 11.5. The van der Waals surface area contributed by atoms with Crippen LogP contribution in [0.3, 0.4) is 0 Å². The van der Waals surface area contributed by atoms with Gasteiger partial charge in [0.05, 0.1) is 0 Å². The first kappa shape index (κ1) is 15.2. The van der Waals surface area contributed by atoms with Gasteiger partial charge in [-0.3, -0.25) is 0 Å². The fraction of sp³-hybridized carbons (Fsp3) is 0.385. The van der Waals surface area contributed by atoms with E-state index in [2.05, 4.69) is 10.2 Å². The van der Waals surface area contributed by atoms with E-state index in [1.54, 1.807) is 0 Å². The molecule has 1 aromatic heterocycles. The van der Waals surface area contributed by atoms with Gasteiger partial charge in [0.2, 0.25) is 5.13 Å². The van der Waals surface area contributed by atoms with Crippen molar-refractivity contribution in [3.63, 3.8) is 0 Å². The Balaban J connectivity index is 2.07. The molecule has 3 N–H and O–H groups in total. The first-order valence-electron chi connectivity index (χ1n) is 6.17. The van der Waals surface area contributed by atoms with Crippen LogP contribution in [-0.2, 0) is 5.60 Å². The largest absolute Gasteiger partial charge is 0.383 e. The summed E-state index contributed by atoms with van der Waals surface area (Å²) in [7, 11) is 3.85. The number of benzene rings is 1. The highest BCUT2D eigenvalue weighted by Crippen LogP contribution is 2.32. The lowest BCUT2D eigenvalue weighted by Gasteiger charge is -2.26. The minimum absolute atomic E-state index is 0.170. The van der Waals surface area contributed by atoms with Crippen LogP contribution in [0.2, 0.25) is 0 Å². The molecule has 0 spiro atoms. The molecule has 7 heteroatoms. The van der Waals surface area contributed by atoms with Crippen LogP contribution in [0.4, 0.5) is 5.13 Å². The Labute approximate surface area is 126 Å². The summed E-state index contributed by atoms with van der Waals surface area (Å²) in [5, 5.41) is 19.7. The summed E-state index contributed by atoms with van der Waals surface area (Å²) in [6, 6.07) is 9.49. The van der Waals surface area contributed by atoms with E-state index >= 15 is 0 Å². The minimum Gasteiger partial charge on any atom is -0.383 e. The summed E-state index contributed by atoms with van der Waals surface area (Å²) < 4.78 is 0.830. The van der Waals surface area contributed by atoms with Crippen LogP contribution >= 0.6 is 23.1 Å². The van der Waals surface area contributed by atoms with E-state index in [9.17, 15) is 5.11 Å². The quantitative estimate of drug-likeness (QED) is 0.788. The number of anilines is 1. The van der Waals surface area contributed by atoms with Gasteiger partial charge in [-0.2, -0.15) is 0 Å². The van der Waals surface area contributed by atoms with Crippen molar-refractivity contribution in [3.05, 3.63) is 35.9 Å². The summed E-state index contributed by atoms with van der Waals surface area (Å²) >= 11 is 2.98. The Morgan fingerprint density at radius 3 is 2.55 bits per heavy atom. The molecule has 0 aliphatic carbocycles. The molecule has 1 heterocycles. The molecule has 0 bridgehead atoms. The molecule has 1 aromatic carbocycles. The van der Waals surface area contributed by atoms with Crippen molar-refractivity contribution in [1.29, 1.82) is 0 Å². The number of thioether (sulfide) groups is 1. The van der Waals surface area contributed by atoms with Crippen molar-refractivity contribution in [1.82, 2.24) is 10.2 Å². The number of nitrogens with two attached hydrogens (primary N) is 1. The molecule has 1 atom stereocenters. The predicted molar refractivity (Wildman–Crippen MR) is 84.4 cm³/mol. The second-order valence-electron chi connectivity index (χ2n) is 4.64. The van der Waals surface area contributed by atoms with Crippen LogP contribution in [-0.4, -0.2) is 41.7 Å². The smallest absolute Gasteiger partial charge is 0.208 e. The van der Waals surface area contributed by atoms with E-state index in [0.717, 1.165) is 15.0 Å². The lowest BCUT2D eigenvalue weighted by molar-refractivity contribution is 0.0721. The second kappa shape index (κ2) is 6.53. The van der Waals surface area contributed by atoms with Crippen molar-refractivity contribution in [2.24, 2.45) is 5.73 Å². The first-order chi connectivity index (χ1) is 9.55. The van der Waals surface area contributed by atoms with E-state index < -0.39 is 5.60 Å². The van der Waals surface area contributed by atoms with Crippen LogP contribution in [0.1, 0.15) is 5.56 Å².